The Labute approximate surface area is 88.0 Å². The van der Waals surface area contributed by atoms with Crippen molar-refractivity contribution in [3.05, 3.63) is 35.9 Å². The Morgan fingerprint density at radius 1 is 1.57 bits per heavy atom. The Bertz CT molecular complexity index is 358. The predicted molar refractivity (Wildman–Crippen MR) is 59.7 cm³/mol. The minimum Gasteiger partial charge on any atom is -0.465 e. The van der Waals surface area contributed by atoms with Gasteiger partial charge in [-0.2, -0.15) is 0 Å². The molecule has 0 heterocycles. The molecule has 3 heteroatoms. The second-order valence-electron chi connectivity index (χ2n) is 2.65. The van der Waals surface area contributed by atoms with Gasteiger partial charge in [0.2, 0.25) is 0 Å². The molecular weight excluding hydrogens is 196 g/mol. The van der Waals surface area contributed by atoms with Crippen LogP contribution in [0.4, 0.5) is 0 Å². The van der Waals surface area contributed by atoms with Crippen molar-refractivity contribution in [2.75, 3.05) is 13.4 Å². The standard InChI is InChI=1S/C11H12O2S/c1-4-8-5-6-9(11(12)13-2)7-10(8)14-3/h4-7H,1H2,2-3H3. The molecule has 0 unspecified atom stereocenters. The number of carbonyl (C=O) groups excluding carboxylic acids is 1. The van der Waals surface area contributed by atoms with E-state index in [9.17, 15) is 4.79 Å². The van der Waals surface area contributed by atoms with Crippen LogP contribution >= 0.6 is 11.8 Å². The maximum atomic E-state index is 11.2. The minimum absolute atomic E-state index is 0.309. The van der Waals surface area contributed by atoms with Gasteiger partial charge in [0.15, 0.2) is 0 Å². The number of methoxy groups -OCH3 is 1. The molecular formula is C11H12O2S. The van der Waals surface area contributed by atoms with Gasteiger partial charge < -0.3 is 4.74 Å². The van der Waals surface area contributed by atoms with Gasteiger partial charge in [-0.3, -0.25) is 0 Å². The van der Waals surface area contributed by atoms with E-state index in [1.54, 1.807) is 23.9 Å². The summed E-state index contributed by atoms with van der Waals surface area (Å²) in [5, 5.41) is 0. The van der Waals surface area contributed by atoms with Crippen LogP contribution < -0.4 is 0 Å². The van der Waals surface area contributed by atoms with Gasteiger partial charge in [-0.15, -0.1) is 11.8 Å². The van der Waals surface area contributed by atoms with E-state index in [1.807, 2.05) is 18.4 Å². The van der Waals surface area contributed by atoms with Crippen LogP contribution in [0.2, 0.25) is 0 Å². The van der Waals surface area contributed by atoms with Crippen molar-refractivity contribution in [3.63, 3.8) is 0 Å². The molecule has 1 aromatic carbocycles. The molecule has 0 radical (unpaired) electrons. The fourth-order valence-electron chi connectivity index (χ4n) is 1.12. The molecule has 0 N–H and O–H groups in total. The molecule has 0 aromatic heterocycles. The van der Waals surface area contributed by atoms with E-state index in [4.69, 9.17) is 0 Å². The summed E-state index contributed by atoms with van der Waals surface area (Å²) in [7, 11) is 1.38. The zero-order chi connectivity index (χ0) is 10.6. The maximum Gasteiger partial charge on any atom is 0.337 e. The lowest BCUT2D eigenvalue weighted by molar-refractivity contribution is 0.0600. The van der Waals surface area contributed by atoms with Gasteiger partial charge in [-0.1, -0.05) is 18.7 Å². The topological polar surface area (TPSA) is 26.3 Å². The molecule has 2 nitrogen and oxygen atoms in total. The first-order valence-corrected chi connectivity index (χ1v) is 5.34. The summed E-state index contributed by atoms with van der Waals surface area (Å²) >= 11 is 1.58. The highest BCUT2D eigenvalue weighted by atomic mass is 32.2. The molecule has 0 amide bonds. The Kier molecular flexibility index (Phi) is 3.77. The second kappa shape index (κ2) is 4.86. The van der Waals surface area contributed by atoms with Crippen LogP contribution in [0.3, 0.4) is 0 Å². The van der Waals surface area contributed by atoms with E-state index in [0.29, 0.717) is 5.56 Å². The monoisotopic (exact) mass is 208 g/mol. The molecule has 0 fully saturated rings. The van der Waals surface area contributed by atoms with Crippen molar-refractivity contribution in [1.29, 1.82) is 0 Å². The maximum absolute atomic E-state index is 11.2. The molecule has 0 atom stereocenters. The van der Waals surface area contributed by atoms with Gasteiger partial charge in [0.1, 0.15) is 0 Å². The predicted octanol–water partition coefficient (Wildman–Crippen LogP) is 2.84. The Balaban J connectivity index is 3.13. The third-order valence-electron chi connectivity index (χ3n) is 1.87. The Hall–Kier alpha value is -1.22. The van der Waals surface area contributed by atoms with Crippen LogP contribution in [0.25, 0.3) is 6.08 Å². The number of thioether (sulfide) groups is 1. The van der Waals surface area contributed by atoms with E-state index in [-0.39, 0.29) is 5.97 Å². The molecule has 0 aliphatic heterocycles. The zero-order valence-corrected chi connectivity index (χ0v) is 9.06. The third kappa shape index (κ3) is 2.17. The van der Waals surface area contributed by atoms with Crippen molar-refractivity contribution < 1.29 is 9.53 Å². The lowest BCUT2D eigenvalue weighted by atomic mass is 10.1. The van der Waals surface area contributed by atoms with Gasteiger partial charge in [0, 0.05) is 4.90 Å². The highest BCUT2D eigenvalue weighted by Gasteiger charge is 2.07. The zero-order valence-electron chi connectivity index (χ0n) is 8.24. The van der Waals surface area contributed by atoms with Crippen LogP contribution in [-0.2, 0) is 4.74 Å². The quantitative estimate of drug-likeness (QED) is 0.564. The van der Waals surface area contributed by atoms with E-state index < -0.39 is 0 Å². The van der Waals surface area contributed by atoms with Gasteiger partial charge in [0.05, 0.1) is 12.7 Å². The van der Waals surface area contributed by atoms with E-state index in [2.05, 4.69) is 11.3 Å². The van der Waals surface area contributed by atoms with Crippen molar-refractivity contribution >= 4 is 23.8 Å². The highest BCUT2D eigenvalue weighted by Crippen LogP contribution is 2.23. The number of hydrogen-bond donors (Lipinski definition) is 0. The number of rotatable bonds is 3. The van der Waals surface area contributed by atoms with Crippen LogP contribution in [-0.4, -0.2) is 19.3 Å². The molecule has 14 heavy (non-hydrogen) atoms. The van der Waals surface area contributed by atoms with Gasteiger partial charge in [-0.25, -0.2) is 4.79 Å². The summed E-state index contributed by atoms with van der Waals surface area (Å²) in [4.78, 5) is 12.3. The van der Waals surface area contributed by atoms with Crippen molar-refractivity contribution in [1.82, 2.24) is 0 Å². The normalized spacial score (nSPS) is 9.57. The second-order valence-corrected chi connectivity index (χ2v) is 3.50. The van der Waals surface area contributed by atoms with E-state index in [1.165, 1.54) is 7.11 Å². The average Bonchev–Trinajstić information content (AvgIpc) is 2.26. The van der Waals surface area contributed by atoms with Gasteiger partial charge >= 0.3 is 5.97 Å². The van der Waals surface area contributed by atoms with Gasteiger partial charge in [-0.05, 0) is 24.0 Å². The summed E-state index contributed by atoms with van der Waals surface area (Å²) in [5.74, 6) is -0.309. The summed E-state index contributed by atoms with van der Waals surface area (Å²) < 4.78 is 4.64. The third-order valence-corrected chi connectivity index (χ3v) is 2.67. The van der Waals surface area contributed by atoms with Crippen LogP contribution in [0.15, 0.2) is 29.7 Å². The SMILES string of the molecule is C=Cc1ccc(C(=O)OC)cc1SC. The molecule has 0 spiro atoms. The molecule has 0 saturated carbocycles. The van der Waals surface area contributed by atoms with Crippen LogP contribution in [0.1, 0.15) is 15.9 Å². The number of ether oxygens (including phenoxy) is 1. The van der Waals surface area contributed by atoms with Crippen molar-refractivity contribution in [3.8, 4) is 0 Å². The summed E-state index contributed by atoms with van der Waals surface area (Å²) in [6.45, 7) is 3.70. The number of hydrogen-bond acceptors (Lipinski definition) is 3. The largest absolute Gasteiger partial charge is 0.465 e. The average molecular weight is 208 g/mol. The van der Waals surface area contributed by atoms with Crippen molar-refractivity contribution in [2.45, 2.75) is 4.90 Å². The minimum atomic E-state index is -0.309. The van der Waals surface area contributed by atoms with Crippen LogP contribution in [0, 0.1) is 0 Å². The highest BCUT2D eigenvalue weighted by molar-refractivity contribution is 7.98. The summed E-state index contributed by atoms with van der Waals surface area (Å²) in [6, 6.07) is 5.42. The first kappa shape index (κ1) is 10.9. The van der Waals surface area contributed by atoms with Crippen molar-refractivity contribution in [2.24, 2.45) is 0 Å². The van der Waals surface area contributed by atoms with E-state index in [0.717, 1.165) is 10.5 Å². The number of benzene rings is 1. The lowest BCUT2D eigenvalue weighted by Crippen LogP contribution is -2.01. The van der Waals surface area contributed by atoms with Crippen LogP contribution in [0.5, 0.6) is 0 Å². The Morgan fingerprint density at radius 2 is 2.29 bits per heavy atom. The van der Waals surface area contributed by atoms with Gasteiger partial charge in [0.25, 0.3) is 0 Å². The number of esters is 1. The molecule has 0 aliphatic rings. The molecule has 0 aliphatic carbocycles. The van der Waals surface area contributed by atoms with E-state index >= 15 is 0 Å². The molecule has 1 rings (SSSR count). The first-order valence-electron chi connectivity index (χ1n) is 4.11. The summed E-state index contributed by atoms with van der Waals surface area (Å²) in [5.41, 5.74) is 1.60. The molecule has 0 bridgehead atoms. The fourth-order valence-corrected chi connectivity index (χ4v) is 1.76. The Morgan fingerprint density at radius 3 is 2.79 bits per heavy atom. The summed E-state index contributed by atoms with van der Waals surface area (Å²) in [6.07, 6.45) is 3.73. The lowest BCUT2D eigenvalue weighted by Gasteiger charge is -2.05. The smallest absolute Gasteiger partial charge is 0.337 e. The fraction of sp³-hybridized carbons (Fsp3) is 0.182. The molecule has 1 aromatic rings. The molecule has 74 valence electrons. The number of carbonyl (C=O) groups is 1. The molecule has 0 saturated heterocycles. The first-order chi connectivity index (χ1) is 6.72.